The molecule has 2 aliphatic rings. The van der Waals surface area contributed by atoms with Crippen LogP contribution in [0.2, 0.25) is 36.3 Å². The fourth-order valence-electron chi connectivity index (χ4n) is 3.50. The molecule has 0 aromatic rings. The molecule has 8 heteroatoms. The lowest BCUT2D eigenvalue weighted by Gasteiger charge is -2.47. The average molecular weight is 491 g/mol. The summed E-state index contributed by atoms with van der Waals surface area (Å²) in [7, 11) is -4.30. The van der Waals surface area contributed by atoms with Crippen LogP contribution in [0.5, 0.6) is 0 Å². The summed E-state index contributed by atoms with van der Waals surface area (Å²) in [5.41, 5.74) is 0. The van der Waals surface area contributed by atoms with E-state index in [1.807, 2.05) is 27.7 Å². The zero-order valence-electron chi connectivity index (χ0n) is 23.2. The minimum Gasteiger partial charge on any atom is -0.408 e. The van der Waals surface area contributed by atoms with E-state index in [0.29, 0.717) is 13.2 Å². The van der Waals surface area contributed by atoms with Crippen molar-refractivity contribution in [3.05, 3.63) is 0 Å². The molecule has 2 rings (SSSR count). The Bertz CT molecular complexity index is 592. The van der Waals surface area contributed by atoms with Crippen molar-refractivity contribution in [1.82, 2.24) is 0 Å². The number of hydrogen-bond acceptors (Lipinski definition) is 6. The van der Waals surface area contributed by atoms with Crippen LogP contribution in [0.25, 0.3) is 0 Å². The van der Waals surface area contributed by atoms with Crippen LogP contribution in [-0.4, -0.2) is 65.8 Å². The highest BCUT2D eigenvalue weighted by Gasteiger charge is 2.53. The van der Waals surface area contributed by atoms with E-state index in [1.165, 1.54) is 0 Å². The standard InChI is InChI=1S/C24H50O6Si2/c1-21(2,3)31(11,12)29-19(17-15-25-23(7,8)27-17)20(18-16-26-24(9,10)28-18)30-32(13,14)22(4,5)6/h17-20H,15-16H2,1-14H3/t17-,18-,19-,20-/m1/s1. The minimum absolute atomic E-state index is 0.0497. The molecule has 32 heavy (non-hydrogen) atoms. The first-order chi connectivity index (χ1) is 14.1. The maximum Gasteiger partial charge on any atom is 0.192 e. The van der Waals surface area contributed by atoms with Gasteiger partial charge in [-0.05, 0) is 64.0 Å². The van der Waals surface area contributed by atoms with E-state index >= 15 is 0 Å². The molecule has 6 nitrogen and oxygen atoms in total. The van der Waals surface area contributed by atoms with Crippen molar-refractivity contribution in [2.75, 3.05) is 13.2 Å². The molecule has 190 valence electrons. The molecule has 2 fully saturated rings. The zero-order chi connectivity index (χ0) is 25.0. The van der Waals surface area contributed by atoms with Crippen molar-refractivity contribution in [3.8, 4) is 0 Å². The summed E-state index contributed by atoms with van der Waals surface area (Å²) < 4.78 is 38.9. The van der Waals surface area contributed by atoms with E-state index in [9.17, 15) is 0 Å². The van der Waals surface area contributed by atoms with Gasteiger partial charge in [0.05, 0.1) is 13.2 Å². The van der Waals surface area contributed by atoms with Crippen molar-refractivity contribution in [1.29, 1.82) is 0 Å². The van der Waals surface area contributed by atoms with Gasteiger partial charge in [0.15, 0.2) is 28.2 Å². The molecular weight excluding hydrogens is 440 g/mol. The van der Waals surface area contributed by atoms with Crippen LogP contribution in [0.3, 0.4) is 0 Å². The Labute approximate surface area is 199 Å². The summed E-state index contributed by atoms with van der Waals surface area (Å²) >= 11 is 0. The van der Waals surface area contributed by atoms with Crippen LogP contribution in [0.1, 0.15) is 69.2 Å². The summed E-state index contributed by atoms with van der Waals surface area (Å²) in [6.07, 6.45) is -1.09. The predicted molar refractivity (Wildman–Crippen MR) is 134 cm³/mol. The minimum atomic E-state index is -2.15. The Morgan fingerprint density at radius 2 is 0.938 bits per heavy atom. The highest BCUT2D eigenvalue weighted by molar-refractivity contribution is 6.74. The van der Waals surface area contributed by atoms with Crippen molar-refractivity contribution >= 4 is 16.6 Å². The third-order valence-corrected chi connectivity index (χ3v) is 16.5. The van der Waals surface area contributed by atoms with Gasteiger partial charge in [-0.25, -0.2) is 0 Å². The van der Waals surface area contributed by atoms with Gasteiger partial charge < -0.3 is 27.8 Å². The van der Waals surface area contributed by atoms with Crippen molar-refractivity contribution in [2.24, 2.45) is 0 Å². The lowest BCUT2D eigenvalue weighted by atomic mass is 10.0. The second kappa shape index (κ2) is 9.01. The van der Waals surface area contributed by atoms with Crippen LogP contribution in [0.15, 0.2) is 0 Å². The molecule has 0 spiro atoms. The van der Waals surface area contributed by atoms with Crippen LogP contribution < -0.4 is 0 Å². The molecule has 0 bridgehead atoms. The van der Waals surface area contributed by atoms with Crippen LogP contribution in [0, 0.1) is 0 Å². The van der Waals surface area contributed by atoms with Gasteiger partial charge in [-0.15, -0.1) is 0 Å². The number of ether oxygens (including phenoxy) is 4. The van der Waals surface area contributed by atoms with Gasteiger partial charge >= 0.3 is 0 Å². The Morgan fingerprint density at radius 1 is 0.656 bits per heavy atom. The third-order valence-electron chi connectivity index (χ3n) is 7.59. The number of hydrogen-bond donors (Lipinski definition) is 0. The summed E-state index contributed by atoms with van der Waals surface area (Å²) in [6, 6.07) is 0. The van der Waals surface area contributed by atoms with E-state index in [1.54, 1.807) is 0 Å². The first-order valence-corrected chi connectivity index (χ1v) is 17.9. The normalized spacial score (nSPS) is 28.7. The molecule has 0 radical (unpaired) electrons. The monoisotopic (exact) mass is 490 g/mol. The summed E-state index contributed by atoms with van der Waals surface area (Å²) in [5.74, 6) is -1.29. The summed E-state index contributed by atoms with van der Waals surface area (Å²) in [6.45, 7) is 31.4. The largest absolute Gasteiger partial charge is 0.408 e. The second-order valence-electron chi connectivity index (χ2n) is 13.4. The average Bonchev–Trinajstić information content (AvgIpc) is 3.10. The first-order valence-electron chi connectivity index (χ1n) is 12.1. The van der Waals surface area contributed by atoms with Crippen LogP contribution in [-0.2, 0) is 27.8 Å². The fourth-order valence-corrected chi connectivity index (χ4v) is 6.14. The Kier molecular flexibility index (Phi) is 8.00. The molecular formula is C24H50O6Si2. The van der Waals surface area contributed by atoms with Gasteiger partial charge in [0, 0.05) is 0 Å². The van der Waals surface area contributed by atoms with Gasteiger partial charge in [0.2, 0.25) is 0 Å². The Hall–Kier alpha value is 0.194. The Balaban J connectivity index is 2.50. The smallest absolute Gasteiger partial charge is 0.192 e. The van der Waals surface area contributed by atoms with E-state index in [0.717, 1.165) is 0 Å². The van der Waals surface area contributed by atoms with Crippen molar-refractivity contribution < 1.29 is 27.8 Å². The highest BCUT2D eigenvalue weighted by atomic mass is 28.4. The zero-order valence-corrected chi connectivity index (χ0v) is 25.2. The number of rotatable bonds is 7. The third kappa shape index (κ3) is 6.65. The lowest BCUT2D eigenvalue weighted by molar-refractivity contribution is -0.179. The van der Waals surface area contributed by atoms with E-state index in [2.05, 4.69) is 67.7 Å². The molecule has 2 aliphatic heterocycles. The van der Waals surface area contributed by atoms with Crippen molar-refractivity contribution in [2.45, 2.75) is 141 Å². The van der Waals surface area contributed by atoms with Gasteiger partial charge in [0.25, 0.3) is 0 Å². The van der Waals surface area contributed by atoms with Crippen LogP contribution in [0.4, 0.5) is 0 Å². The van der Waals surface area contributed by atoms with Gasteiger partial charge in [-0.2, -0.15) is 0 Å². The molecule has 0 aliphatic carbocycles. The van der Waals surface area contributed by atoms with Crippen molar-refractivity contribution in [3.63, 3.8) is 0 Å². The van der Waals surface area contributed by atoms with E-state index in [4.69, 9.17) is 27.8 Å². The predicted octanol–water partition coefficient (Wildman–Crippen LogP) is 6.07. The topological polar surface area (TPSA) is 55.4 Å². The second-order valence-corrected chi connectivity index (χ2v) is 22.9. The fraction of sp³-hybridized carbons (Fsp3) is 1.00. The SMILES string of the molecule is CC1(C)OC[C@H]([C@@H](O[Si](C)(C)C(C)(C)C)[C@H](O[Si](C)(C)C(C)(C)C)[C@H]2COC(C)(C)O2)O1. The van der Waals surface area contributed by atoms with Gasteiger partial charge in [0.1, 0.15) is 24.4 Å². The molecule has 0 unspecified atom stereocenters. The highest BCUT2D eigenvalue weighted by Crippen LogP contribution is 2.44. The van der Waals surface area contributed by atoms with Crippen LogP contribution >= 0.6 is 0 Å². The molecule has 2 saturated heterocycles. The molecule has 0 N–H and O–H groups in total. The molecule has 2 heterocycles. The Morgan fingerprint density at radius 3 is 1.12 bits per heavy atom. The molecule has 0 saturated carbocycles. The summed E-state index contributed by atoms with van der Waals surface area (Å²) in [4.78, 5) is 0. The molecule has 4 atom stereocenters. The maximum absolute atomic E-state index is 7.08. The summed E-state index contributed by atoms with van der Waals surface area (Å²) in [5, 5.41) is 0.0993. The van der Waals surface area contributed by atoms with Gasteiger partial charge in [-0.3, -0.25) is 0 Å². The molecule has 0 amide bonds. The van der Waals surface area contributed by atoms with Gasteiger partial charge in [-0.1, -0.05) is 41.5 Å². The maximum atomic E-state index is 7.08. The van der Waals surface area contributed by atoms with E-state index < -0.39 is 28.2 Å². The first kappa shape index (κ1) is 28.4. The van der Waals surface area contributed by atoms with E-state index in [-0.39, 0.29) is 34.5 Å². The lowest BCUT2D eigenvalue weighted by Crippen LogP contribution is -2.59. The molecule has 0 aromatic carbocycles. The molecule has 0 aromatic heterocycles. The quantitative estimate of drug-likeness (QED) is 0.404.